The maximum absolute atomic E-state index is 13.2. The smallest absolute Gasteiger partial charge is 0.136 e. The molecule has 12 atom stereocenters. The zero-order valence-corrected chi connectivity index (χ0v) is 19.4. The minimum absolute atomic E-state index is 0.135. The van der Waals surface area contributed by atoms with Crippen molar-refractivity contribution in [3.8, 4) is 0 Å². The van der Waals surface area contributed by atoms with Gasteiger partial charge in [-0.25, -0.2) is 0 Å². The van der Waals surface area contributed by atoms with E-state index in [1.54, 1.807) is 0 Å². The van der Waals surface area contributed by atoms with Gasteiger partial charge in [-0.05, 0) is 104 Å². The highest BCUT2D eigenvalue weighted by Crippen LogP contribution is 2.66. The number of rotatable bonds is 0. The Kier molecular flexibility index (Phi) is 4.75. The molecular formula is C27H43NO2. The molecule has 3 nitrogen and oxygen atoms in total. The maximum atomic E-state index is 13.2. The van der Waals surface area contributed by atoms with E-state index >= 15 is 0 Å². The molecule has 0 bridgehead atoms. The van der Waals surface area contributed by atoms with Crippen LogP contribution in [0, 0.1) is 58.7 Å². The van der Waals surface area contributed by atoms with Crippen LogP contribution in [0.2, 0.25) is 0 Å². The molecule has 168 valence electrons. The summed E-state index contributed by atoms with van der Waals surface area (Å²) in [6.45, 7) is 10.1. The minimum atomic E-state index is -0.242. The Balaban J connectivity index is 1.28. The highest BCUT2D eigenvalue weighted by molar-refractivity contribution is 5.83. The largest absolute Gasteiger partial charge is 0.393 e. The number of carbonyl (C=O) groups excluding carboxylic acids is 1. The van der Waals surface area contributed by atoms with E-state index in [0.717, 1.165) is 73.2 Å². The number of hydrogen-bond donors (Lipinski definition) is 1. The van der Waals surface area contributed by atoms with Crippen molar-refractivity contribution in [1.82, 2.24) is 4.90 Å². The Morgan fingerprint density at radius 2 is 1.70 bits per heavy atom. The van der Waals surface area contributed by atoms with Crippen molar-refractivity contribution in [2.75, 3.05) is 13.1 Å². The van der Waals surface area contributed by atoms with E-state index in [4.69, 9.17) is 0 Å². The van der Waals surface area contributed by atoms with Crippen LogP contribution in [0.1, 0.15) is 78.6 Å². The second-order valence-corrected chi connectivity index (χ2v) is 13.0. The van der Waals surface area contributed by atoms with Gasteiger partial charge in [0.2, 0.25) is 0 Å². The number of hydrogen-bond acceptors (Lipinski definition) is 3. The van der Waals surface area contributed by atoms with Gasteiger partial charge in [0.25, 0.3) is 0 Å². The van der Waals surface area contributed by atoms with E-state index in [1.807, 2.05) is 0 Å². The van der Waals surface area contributed by atoms with Crippen LogP contribution in [0.25, 0.3) is 0 Å². The number of carbonyl (C=O) groups is 1. The van der Waals surface area contributed by atoms with Crippen molar-refractivity contribution in [2.24, 2.45) is 58.7 Å². The molecule has 6 aliphatic rings. The normalized spacial score (nSPS) is 58.3. The van der Waals surface area contributed by atoms with Crippen LogP contribution in [0.15, 0.2) is 0 Å². The van der Waals surface area contributed by atoms with Gasteiger partial charge in [0.15, 0.2) is 0 Å². The molecule has 2 saturated heterocycles. The molecule has 0 aromatic heterocycles. The first-order chi connectivity index (χ1) is 14.4. The Hall–Kier alpha value is -0.410. The summed E-state index contributed by atoms with van der Waals surface area (Å²) in [4.78, 5) is 16.1. The van der Waals surface area contributed by atoms with Crippen molar-refractivity contribution in [3.05, 3.63) is 0 Å². The number of piperidine rings is 2. The van der Waals surface area contributed by atoms with Crippen LogP contribution < -0.4 is 0 Å². The molecule has 2 aliphatic heterocycles. The number of fused-ring (bicyclic) bond motifs is 8. The summed E-state index contributed by atoms with van der Waals surface area (Å²) in [5, 5.41) is 10.3. The van der Waals surface area contributed by atoms with Gasteiger partial charge < -0.3 is 5.11 Å². The zero-order valence-electron chi connectivity index (χ0n) is 19.4. The monoisotopic (exact) mass is 413 g/mol. The van der Waals surface area contributed by atoms with Crippen LogP contribution in [-0.2, 0) is 4.79 Å². The van der Waals surface area contributed by atoms with Gasteiger partial charge in [0.05, 0.1) is 6.10 Å². The summed E-state index contributed by atoms with van der Waals surface area (Å²) in [5.74, 6) is 7.19. The highest BCUT2D eigenvalue weighted by Gasteiger charge is 2.62. The van der Waals surface area contributed by atoms with Crippen molar-refractivity contribution in [1.29, 1.82) is 0 Å². The lowest BCUT2D eigenvalue weighted by Gasteiger charge is -2.56. The van der Waals surface area contributed by atoms with E-state index in [0.29, 0.717) is 11.7 Å². The van der Waals surface area contributed by atoms with E-state index in [2.05, 4.69) is 25.7 Å². The highest BCUT2D eigenvalue weighted by atomic mass is 16.3. The van der Waals surface area contributed by atoms with Gasteiger partial charge in [-0.3, -0.25) is 9.69 Å². The molecule has 0 unspecified atom stereocenters. The summed E-state index contributed by atoms with van der Waals surface area (Å²) in [6, 6.07) is 0.839. The SMILES string of the molecule is C[C@H]1CC[C@@H]2[C@@H](C)[C@@H]3CC[C@@H]4[C@@H](C[C@H]5[C@H]4CC(=O)[C@H]4C[C@@H](O)CC[C@@]45C)[C@@H]3CN2C1. The van der Waals surface area contributed by atoms with Crippen LogP contribution in [0.5, 0.6) is 0 Å². The third kappa shape index (κ3) is 2.79. The molecule has 3 heteroatoms. The lowest BCUT2D eigenvalue weighted by atomic mass is 9.51. The lowest BCUT2D eigenvalue weighted by Crippen LogP contribution is -2.58. The predicted octanol–water partition coefficient (Wildman–Crippen LogP) is 4.77. The average Bonchev–Trinajstić information content (AvgIpc) is 3.09. The van der Waals surface area contributed by atoms with E-state index in [-0.39, 0.29) is 17.4 Å². The van der Waals surface area contributed by atoms with Crippen molar-refractivity contribution in [3.63, 3.8) is 0 Å². The Morgan fingerprint density at radius 3 is 2.53 bits per heavy atom. The number of aliphatic hydroxyl groups is 1. The molecule has 0 radical (unpaired) electrons. The third-order valence-electron chi connectivity index (χ3n) is 11.8. The summed E-state index contributed by atoms with van der Waals surface area (Å²) >= 11 is 0. The molecule has 6 fully saturated rings. The fourth-order valence-corrected chi connectivity index (χ4v) is 10.3. The molecule has 0 aromatic rings. The summed E-state index contributed by atoms with van der Waals surface area (Å²) in [7, 11) is 0. The second-order valence-electron chi connectivity index (χ2n) is 13.0. The zero-order chi connectivity index (χ0) is 20.8. The van der Waals surface area contributed by atoms with Gasteiger partial charge in [-0.15, -0.1) is 0 Å². The lowest BCUT2D eigenvalue weighted by molar-refractivity contribution is -0.145. The molecule has 2 heterocycles. The van der Waals surface area contributed by atoms with Gasteiger partial charge in [-0.1, -0.05) is 20.8 Å². The van der Waals surface area contributed by atoms with Crippen LogP contribution in [-0.4, -0.2) is 41.0 Å². The van der Waals surface area contributed by atoms with Gasteiger partial charge in [0.1, 0.15) is 5.78 Å². The fraction of sp³-hybridized carbons (Fsp3) is 0.963. The second kappa shape index (κ2) is 7.04. The fourth-order valence-electron chi connectivity index (χ4n) is 10.3. The first-order valence-corrected chi connectivity index (χ1v) is 13.3. The quantitative estimate of drug-likeness (QED) is 0.622. The van der Waals surface area contributed by atoms with Crippen LogP contribution in [0.4, 0.5) is 0 Å². The number of nitrogens with zero attached hydrogens (tertiary/aromatic N) is 1. The number of aliphatic hydroxyl groups excluding tert-OH is 1. The van der Waals surface area contributed by atoms with Crippen molar-refractivity contribution >= 4 is 5.78 Å². The molecule has 0 amide bonds. The van der Waals surface area contributed by atoms with E-state index in [1.165, 1.54) is 45.2 Å². The Labute approximate surface area is 183 Å². The number of ketones is 1. The molecule has 0 spiro atoms. The molecule has 4 saturated carbocycles. The molecule has 6 rings (SSSR count). The van der Waals surface area contributed by atoms with Gasteiger partial charge in [0, 0.05) is 31.5 Å². The minimum Gasteiger partial charge on any atom is -0.393 e. The van der Waals surface area contributed by atoms with Crippen LogP contribution in [0.3, 0.4) is 0 Å². The topological polar surface area (TPSA) is 40.5 Å². The molecule has 30 heavy (non-hydrogen) atoms. The number of Topliss-reactive ketones (excluding diaryl/α,β-unsaturated/α-hetero) is 1. The predicted molar refractivity (Wildman–Crippen MR) is 119 cm³/mol. The van der Waals surface area contributed by atoms with Crippen molar-refractivity contribution < 1.29 is 9.90 Å². The van der Waals surface area contributed by atoms with Crippen molar-refractivity contribution in [2.45, 2.75) is 90.7 Å². The molecule has 4 aliphatic carbocycles. The molecular weight excluding hydrogens is 370 g/mol. The first-order valence-electron chi connectivity index (χ1n) is 13.3. The Morgan fingerprint density at radius 1 is 0.900 bits per heavy atom. The van der Waals surface area contributed by atoms with E-state index < -0.39 is 0 Å². The van der Waals surface area contributed by atoms with Gasteiger partial charge >= 0.3 is 0 Å². The summed E-state index contributed by atoms with van der Waals surface area (Å²) in [5.41, 5.74) is 0.161. The summed E-state index contributed by atoms with van der Waals surface area (Å²) in [6.07, 6.45) is 10.3. The summed E-state index contributed by atoms with van der Waals surface area (Å²) < 4.78 is 0. The van der Waals surface area contributed by atoms with E-state index in [9.17, 15) is 9.90 Å². The van der Waals surface area contributed by atoms with Gasteiger partial charge in [-0.2, -0.15) is 0 Å². The first kappa shape index (κ1) is 20.2. The third-order valence-corrected chi connectivity index (χ3v) is 11.8. The standard InChI is InChI=1S/C27H43NO2/c1-15-4-7-25-16(2)18-5-6-19-20(22(18)14-28(25)13-15)11-23-21(19)12-26(30)24-10-17(29)8-9-27(23,24)3/h15-25,29H,4-14H2,1-3H3/t15-,16-,17-,18-,19+,20+,21-,22+,23-,24+,25+,27+/m0/s1. The Bertz CT molecular complexity index is 705. The molecule has 0 aromatic carbocycles. The maximum Gasteiger partial charge on any atom is 0.136 e. The molecule has 1 N–H and O–H groups in total. The average molecular weight is 414 g/mol. The van der Waals surface area contributed by atoms with Crippen LogP contribution >= 0.6 is 0 Å².